The molecule has 1 aromatic heterocycles. The zero-order valence-corrected chi connectivity index (χ0v) is 13.3. The van der Waals surface area contributed by atoms with Gasteiger partial charge >= 0.3 is 5.97 Å². The summed E-state index contributed by atoms with van der Waals surface area (Å²) in [6.45, 7) is 1.83. The quantitative estimate of drug-likeness (QED) is 0.494. The first-order chi connectivity index (χ1) is 11.9. The maximum atomic E-state index is 12.3. The van der Waals surface area contributed by atoms with E-state index in [1.165, 1.54) is 29.9 Å². The highest BCUT2D eigenvalue weighted by Gasteiger charge is 2.20. The number of nitro groups is 1. The van der Waals surface area contributed by atoms with Crippen LogP contribution in [-0.4, -0.2) is 33.2 Å². The molecule has 0 spiro atoms. The van der Waals surface area contributed by atoms with E-state index in [1.807, 2.05) is 0 Å². The minimum Gasteiger partial charge on any atom is -0.461 e. The first kappa shape index (κ1) is 17.6. The van der Waals surface area contributed by atoms with E-state index >= 15 is 0 Å². The molecule has 0 aliphatic heterocycles. The van der Waals surface area contributed by atoms with Gasteiger partial charge in [0.2, 0.25) is 0 Å². The van der Waals surface area contributed by atoms with Gasteiger partial charge in [0.05, 0.1) is 22.8 Å². The molecule has 128 valence electrons. The SMILES string of the molecule is CCOC(=O)c1cc(C(=O)Nc2ccc([N+](=O)[O-])cc2C#N)nn1C. The van der Waals surface area contributed by atoms with Crippen LogP contribution < -0.4 is 5.32 Å². The van der Waals surface area contributed by atoms with Crippen LogP contribution in [0.15, 0.2) is 24.3 Å². The summed E-state index contributed by atoms with van der Waals surface area (Å²) in [5.41, 5.74) is -0.202. The van der Waals surface area contributed by atoms with Gasteiger partial charge in [0, 0.05) is 25.2 Å². The third kappa shape index (κ3) is 3.78. The number of hydrogen-bond acceptors (Lipinski definition) is 7. The Morgan fingerprint density at radius 2 is 2.16 bits per heavy atom. The number of nitriles is 1. The Kier molecular flexibility index (Phi) is 5.09. The average molecular weight is 343 g/mol. The van der Waals surface area contributed by atoms with Crippen LogP contribution in [0.3, 0.4) is 0 Å². The van der Waals surface area contributed by atoms with Crippen molar-refractivity contribution in [3.63, 3.8) is 0 Å². The number of hydrogen-bond donors (Lipinski definition) is 1. The van der Waals surface area contributed by atoms with E-state index in [4.69, 9.17) is 10.00 Å². The summed E-state index contributed by atoms with van der Waals surface area (Å²) >= 11 is 0. The van der Waals surface area contributed by atoms with Crippen LogP contribution in [0.4, 0.5) is 11.4 Å². The minimum atomic E-state index is -0.670. The van der Waals surface area contributed by atoms with Crippen molar-refractivity contribution >= 4 is 23.3 Å². The van der Waals surface area contributed by atoms with Crippen LogP contribution in [-0.2, 0) is 11.8 Å². The molecule has 0 aliphatic carbocycles. The lowest BCUT2D eigenvalue weighted by molar-refractivity contribution is -0.384. The lowest BCUT2D eigenvalue weighted by Crippen LogP contribution is -2.14. The molecule has 1 aromatic carbocycles. The Morgan fingerprint density at radius 1 is 1.44 bits per heavy atom. The fourth-order valence-corrected chi connectivity index (χ4v) is 2.01. The van der Waals surface area contributed by atoms with Crippen LogP contribution in [0.25, 0.3) is 0 Å². The molecule has 0 saturated heterocycles. The zero-order chi connectivity index (χ0) is 18.6. The van der Waals surface area contributed by atoms with Gasteiger partial charge in [-0.15, -0.1) is 0 Å². The van der Waals surface area contributed by atoms with E-state index in [-0.39, 0.29) is 34.9 Å². The summed E-state index contributed by atoms with van der Waals surface area (Å²) in [5.74, 6) is -1.29. The topological polar surface area (TPSA) is 140 Å². The molecule has 0 aliphatic rings. The van der Waals surface area contributed by atoms with Crippen molar-refractivity contribution < 1.29 is 19.2 Å². The molecule has 0 bridgehead atoms. The first-order valence-corrected chi connectivity index (χ1v) is 7.08. The molecular formula is C15H13N5O5. The fraction of sp³-hybridized carbons (Fsp3) is 0.200. The number of nitrogens with one attached hydrogen (secondary N) is 1. The molecule has 0 radical (unpaired) electrons. The highest BCUT2D eigenvalue weighted by Crippen LogP contribution is 2.22. The van der Waals surface area contributed by atoms with Gasteiger partial charge in [0.15, 0.2) is 5.69 Å². The van der Waals surface area contributed by atoms with E-state index in [0.717, 1.165) is 6.07 Å². The minimum absolute atomic E-state index is 0.0622. The van der Waals surface area contributed by atoms with Crippen LogP contribution >= 0.6 is 0 Å². The van der Waals surface area contributed by atoms with Crippen molar-refractivity contribution in [1.29, 1.82) is 5.26 Å². The number of esters is 1. The summed E-state index contributed by atoms with van der Waals surface area (Å²) in [4.78, 5) is 34.1. The third-order valence-electron chi connectivity index (χ3n) is 3.18. The van der Waals surface area contributed by atoms with Crippen LogP contribution in [0.1, 0.15) is 33.5 Å². The molecule has 0 fully saturated rings. The first-order valence-electron chi connectivity index (χ1n) is 7.08. The standard InChI is InChI=1S/C15H13N5O5/c1-3-25-15(22)13-7-12(18-19(13)2)14(21)17-11-5-4-10(20(23)24)6-9(11)8-16/h4-7H,3H2,1-2H3,(H,17,21). The molecule has 1 amide bonds. The van der Waals surface area contributed by atoms with Gasteiger partial charge in [-0.1, -0.05) is 0 Å². The Bertz CT molecular complexity index is 896. The fourth-order valence-electron chi connectivity index (χ4n) is 2.01. The van der Waals surface area contributed by atoms with Crippen molar-refractivity contribution in [3.8, 4) is 6.07 Å². The van der Waals surface area contributed by atoms with Crippen molar-refractivity contribution in [3.05, 3.63) is 51.3 Å². The van der Waals surface area contributed by atoms with E-state index in [9.17, 15) is 19.7 Å². The van der Waals surface area contributed by atoms with Crippen LogP contribution in [0.2, 0.25) is 0 Å². The highest BCUT2D eigenvalue weighted by molar-refractivity contribution is 6.04. The predicted molar refractivity (Wildman–Crippen MR) is 84.9 cm³/mol. The second kappa shape index (κ2) is 7.22. The molecule has 0 atom stereocenters. The van der Waals surface area contributed by atoms with Crippen molar-refractivity contribution in [1.82, 2.24) is 9.78 Å². The van der Waals surface area contributed by atoms with Crippen molar-refractivity contribution in [2.24, 2.45) is 7.05 Å². The van der Waals surface area contributed by atoms with Gasteiger partial charge in [-0.2, -0.15) is 10.4 Å². The summed E-state index contributed by atoms with van der Waals surface area (Å²) in [5, 5.41) is 26.2. The van der Waals surface area contributed by atoms with E-state index in [2.05, 4.69) is 10.4 Å². The van der Waals surface area contributed by atoms with E-state index in [0.29, 0.717) is 0 Å². The van der Waals surface area contributed by atoms with Gasteiger partial charge in [-0.3, -0.25) is 19.6 Å². The number of carbonyl (C=O) groups is 2. The molecule has 0 unspecified atom stereocenters. The number of amides is 1. The number of anilines is 1. The lowest BCUT2D eigenvalue weighted by Gasteiger charge is -2.05. The third-order valence-corrected chi connectivity index (χ3v) is 3.18. The molecule has 1 N–H and O–H groups in total. The molecule has 2 aromatic rings. The number of nitrogens with zero attached hydrogens (tertiary/aromatic N) is 4. The summed E-state index contributed by atoms with van der Waals surface area (Å²) in [6.07, 6.45) is 0. The smallest absolute Gasteiger partial charge is 0.356 e. The van der Waals surface area contributed by atoms with Crippen LogP contribution in [0.5, 0.6) is 0 Å². The maximum Gasteiger partial charge on any atom is 0.356 e. The van der Waals surface area contributed by atoms with Crippen molar-refractivity contribution in [2.75, 3.05) is 11.9 Å². The molecular weight excluding hydrogens is 330 g/mol. The second-order valence-corrected chi connectivity index (χ2v) is 4.81. The number of non-ortho nitro benzene ring substituents is 1. The average Bonchev–Trinajstić information content (AvgIpc) is 2.97. The van der Waals surface area contributed by atoms with Gasteiger partial charge < -0.3 is 10.1 Å². The van der Waals surface area contributed by atoms with Gasteiger partial charge in [0.25, 0.3) is 11.6 Å². The zero-order valence-electron chi connectivity index (χ0n) is 13.3. The summed E-state index contributed by atoms with van der Waals surface area (Å²) < 4.78 is 6.06. The summed E-state index contributed by atoms with van der Waals surface area (Å²) in [7, 11) is 1.48. The van der Waals surface area contributed by atoms with Crippen molar-refractivity contribution in [2.45, 2.75) is 6.92 Å². The number of carbonyl (C=O) groups excluding carboxylic acids is 2. The highest BCUT2D eigenvalue weighted by atomic mass is 16.6. The largest absolute Gasteiger partial charge is 0.461 e. The normalized spacial score (nSPS) is 9.96. The molecule has 10 heteroatoms. The Hall–Kier alpha value is -3.74. The number of nitro benzene ring substituents is 1. The molecule has 25 heavy (non-hydrogen) atoms. The van der Waals surface area contributed by atoms with E-state index < -0.39 is 16.8 Å². The lowest BCUT2D eigenvalue weighted by atomic mass is 10.1. The number of benzene rings is 1. The number of aryl methyl sites for hydroxylation is 1. The maximum absolute atomic E-state index is 12.3. The number of ether oxygens (including phenoxy) is 1. The molecule has 1 heterocycles. The summed E-state index contributed by atoms with van der Waals surface area (Å²) in [6, 6.07) is 6.51. The Balaban J connectivity index is 2.26. The number of aromatic nitrogens is 2. The Morgan fingerprint density at radius 3 is 2.76 bits per heavy atom. The Labute approximate surface area is 141 Å². The molecule has 2 rings (SSSR count). The van der Waals surface area contributed by atoms with Gasteiger partial charge in [-0.25, -0.2) is 4.79 Å². The molecule has 0 saturated carbocycles. The van der Waals surface area contributed by atoms with Gasteiger partial charge in [0.1, 0.15) is 11.8 Å². The molecule has 10 nitrogen and oxygen atoms in total. The number of rotatable bonds is 5. The second-order valence-electron chi connectivity index (χ2n) is 4.81. The predicted octanol–water partition coefficient (Wildman–Crippen LogP) is 1.63. The van der Waals surface area contributed by atoms with Gasteiger partial charge in [-0.05, 0) is 13.0 Å². The monoisotopic (exact) mass is 343 g/mol. The van der Waals surface area contributed by atoms with E-state index in [1.54, 1.807) is 13.0 Å². The van der Waals surface area contributed by atoms with Crippen LogP contribution in [0, 0.1) is 21.4 Å².